The maximum absolute atomic E-state index is 13.1. The molecule has 0 fully saturated rings. The van der Waals surface area contributed by atoms with E-state index < -0.39 is 0 Å². The molecular formula is C63H74N4O. The van der Waals surface area contributed by atoms with E-state index in [1.54, 1.807) is 0 Å². The standard InChI is InChI=1S/C63H74N4O/c1-58(2,3)41-25-37(26-42(32-41)59(4,5)6)55-48-20-19-47(64-48)35-53-40(36-68)31-54(67-53)57(39-29-45(62(13,14)15)34-46(30-39)63(16,17)18)52-24-23-51(66-52)56(50-22-21-49(55)65-50)38-27-43(60(7,8)9)33-44(28-38)61(10,11)12/h19-36,64,66H,1-18H3. The summed E-state index contributed by atoms with van der Waals surface area (Å²) in [7, 11) is 0. The molecule has 68 heavy (non-hydrogen) atoms. The summed E-state index contributed by atoms with van der Waals surface area (Å²) < 4.78 is 0. The number of aromatic amines is 2. The number of nitrogens with one attached hydrogen (secondary N) is 2. The Kier molecular flexibility index (Phi) is 11.8. The molecule has 3 aromatic heterocycles. The van der Waals surface area contributed by atoms with Crippen LogP contribution in [0.5, 0.6) is 0 Å². The summed E-state index contributed by atoms with van der Waals surface area (Å²) in [6.07, 6.45) is 7.28. The van der Waals surface area contributed by atoms with Crippen molar-refractivity contribution < 1.29 is 4.79 Å². The average molecular weight is 903 g/mol. The van der Waals surface area contributed by atoms with Crippen LogP contribution in [0.25, 0.3) is 79.2 Å². The van der Waals surface area contributed by atoms with Crippen LogP contribution in [0.3, 0.4) is 0 Å². The number of nitrogens with zero attached hydrogens (tertiary/aromatic N) is 2. The number of H-pyrrole nitrogens is 2. The Balaban J connectivity index is 1.60. The highest BCUT2D eigenvalue weighted by Gasteiger charge is 2.27. The van der Waals surface area contributed by atoms with E-state index in [4.69, 9.17) is 9.97 Å². The van der Waals surface area contributed by atoms with E-state index in [2.05, 4.69) is 226 Å². The monoisotopic (exact) mass is 903 g/mol. The first-order chi connectivity index (χ1) is 31.4. The van der Waals surface area contributed by atoms with Crippen LogP contribution < -0.4 is 0 Å². The molecule has 3 aromatic carbocycles. The van der Waals surface area contributed by atoms with Crippen LogP contribution in [0, 0.1) is 0 Å². The Morgan fingerprint density at radius 1 is 0.382 bits per heavy atom. The number of fused-ring (bicyclic) bond motifs is 8. The largest absolute Gasteiger partial charge is 0.355 e. The second-order valence-corrected chi connectivity index (χ2v) is 25.6. The number of aldehydes is 1. The van der Waals surface area contributed by atoms with Crippen LogP contribution in [-0.2, 0) is 37.3 Å². The van der Waals surface area contributed by atoms with Crippen LogP contribution in [-0.4, -0.2) is 26.2 Å². The fourth-order valence-electron chi connectivity index (χ4n) is 9.14. The number of allylic oxidation sites excluding steroid dienone is 1. The third-order valence-corrected chi connectivity index (χ3v) is 13.7. The van der Waals surface area contributed by atoms with Crippen molar-refractivity contribution in [1.82, 2.24) is 19.9 Å². The van der Waals surface area contributed by atoms with E-state index in [0.29, 0.717) is 11.3 Å². The summed E-state index contributed by atoms with van der Waals surface area (Å²) >= 11 is 0. The predicted molar refractivity (Wildman–Crippen MR) is 292 cm³/mol. The first-order valence-corrected chi connectivity index (χ1v) is 24.5. The predicted octanol–water partition coefficient (Wildman–Crippen LogP) is 17.0. The Hall–Kier alpha value is -6.07. The lowest BCUT2D eigenvalue weighted by Gasteiger charge is -2.26. The average Bonchev–Trinajstić information content (AvgIpc) is 4.06. The zero-order chi connectivity index (χ0) is 49.7. The number of benzene rings is 3. The van der Waals surface area contributed by atoms with Crippen molar-refractivity contribution in [2.75, 3.05) is 0 Å². The minimum atomic E-state index is -0.114. The van der Waals surface area contributed by atoms with Crippen molar-refractivity contribution in [1.29, 1.82) is 0 Å². The number of hydrogen-bond donors (Lipinski definition) is 2. The highest BCUT2D eigenvalue weighted by molar-refractivity contribution is 6.15. The van der Waals surface area contributed by atoms with Gasteiger partial charge in [0, 0.05) is 44.3 Å². The molecule has 0 spiro atoms. The molecule has 5 heteroatoms. The van der Waals surface area contributed by atoms with Gasteiger partial charge in [0.15, 0.2) is 6.29 Å². The molecule has 2 aliphatic heterocycles. The van der Waals surface area contributed by atoms with E-state index in [9.17, 15) is 4.79 Å². The Morgan fingerprint density at radius 3 is 1.04 bits per heavy atom. The molecule has 0 saturated carbocycles. The lowest BCUT2D eigenvalue weighted by atomic mass is 9.78. The van der Waals surface area contributed by atoms with Crippen LogP contribution in [0.15, 0.2) is 84.9 Å². The zero-order valence-electron chi connectivity index (χ0n) is 44.2. The molecule has 5 heterocycles. The normalized spacial score (nSPS) is 13.8. The number of aromatic nitrogens is 4. The van der Waals surface area contributed by atoms with Gasteiger partial charge in [-0.2, -0.15) is 0 Å². The van der Waals surface area contributed by atoms with Crippen molar-refractivity contribution in [3.05, 3.63) is 141 Å². The first kappa shape index (κ1) is 48.4. The molecule has 0 atom stereocenters. The Labute approximate surface area is 406 Å². The molecule has 0 radical (unpaired) electrons. The van der Waals surface area contributed by atoms with Crippen molar-refractivity contribution in [3.63, 3.8) is 0 Å². The molecule has 2 aliphatic rings. The minimum absolute atomic E-state index is 0.0894. The minimum Gasteiger partial charge on any atom is -0.355 e. The topological polar surface area (TPSA) is 74.4 Å². The molecule has 8 bridgehead atoms. The van der Waals surface area contributed by atoms with E-state index in [1.807, 2.05) is 12.1 Å². The lowest BCUT2D eigenvalue weighted by Crippen LogP contribution is -2.16. The van der Waals surface area contributed by atoms with Gasteiger partial charge in [0.2, 0.25) is 0 Å². The molecule has 6 aromatic rings. The van der Waals surface area contributed by atoms with Crippen LogP contribution in [0.1, 0.15) is 181 Å². The van der Waals surface area contributed by atoms with Crippen LogP contribution in [0.4, 0.5) is 0 Å². The summed E-state index contributed by atoms with van der Waals surface area (Å²) in [5.41, 5.74) is 20.5. The number of carbonyl (C=O) groups excluding carboxylic acids is 1. The van der Waals surface area contributed by atoms with Gasteiger partial charge in [0.1, 0.15) is 0 Å². The van der Waals surface area contributed by atoms with Gasteiger partial charge in [-0.1, -0.05) is 179 Å². The molecule has 0 aliphatic carbocycles. The fourth-order valence-corrected chi connectivity index (χ4v) is 9.14. The van der Waals surface area contributed by atoms with E-state index in [0.717, 1.165) is 78.8 Å². The zero-order valence-corrected chi connectivity index (χ0v) is 44.2. The molecule has 352 valence electrons. The Bertz CT molecular complexity index is 3130. The number of hydrogen-bond acceptors (Lipinski definition) is 3. The van der Waals surface area contributed by atoms with Crippen LogP contribution in [0.2, 0.25) is 0 Å². The van der Waals surface area contributed by atoms with Gasteiger partial charge in [-0.05, 0) is 131 Å². The van der Waals surface area contributed by atoms with E-state index >= 15 is 0 Å². The summed E-state index contributed by atoms with van der Waals surface area (Å²) in [6.45, 7) is 41.1. The molecule has 8 rings (SSSR count). The van der Waals surface area contributed by atoms with Gasteiger partial charge in [0.05, 0.1) is 22.8 Å². The first-order valence-electron chi connectivity index (χ1n) is 24.5. The molecule has 2 N–H and O–H groups in total. The van der Waals surface area contributed by atoms with Gasteiger partial charge in [-0.3, -0.25) is 4.79 Å². The molecule has 5 nitrogen and oxygen atoms in total. The van der Waals surface area contributed by atoms with Gasteiger partial charge < -0.3 is 9.97 Å². The second kappa shape index (κ2) is 16.6. The highest BCUT2D eigenvalue weighted by Crippen LogP contribution is 2.43. The maximum atomic E-state index is 13.1. The van der Waals surface area contributed by atoms with Gasteiger partial charge in [-0.25, -0.2) is 9.97 Å². The molecule has 0 saturated heterocycles. The summed E-state index contributed by atoms with van der Waals surface area (Å²) in [5, 5.41) is 0. The van der Waals surface area contributed by atoms with E-state index in [-0.39, 0.29) is 32.5 Å². The number of rotatable bonds is 4. The van der Waals surface area contributed by atoms with Crippen molar-refractivity contribution in [2.24, 2.45) is 0 Å². The van der Waals surface area contributed by atoms with Crippen molar-refractivity contribution in [3.8, 4) is 33.4 Å². The fraction of sp³-hybridized carbons (Fsp3) is 0.381. The second-order valence-electron chi connectivity index (χ2n) is 25.6. The third-order valence-electron chi connectivity index (χ3n) is 13.7. The summed E-state index contributed by atoms with van der Waals surface area (Å²) in [5.74, 6) is 0. The Morgan fingerprint density at radius 2 is 0.706 bits per heavy atom. The smallest absolute Gasteiger partial charge is 0.152 e. The van der Waals surface area contributed by atoms with Crippen molar-refractivity contribution >= 4 is 52.2 Å². The molecule has 0 unspecified atom stereocenters. The van der Waals surface area contributed by atoms with Gasteiger partial charge in [0.25, 0.3) is 0 Å². The lowest BCUT2D eigenvalue weighted by molar-refractivity contribution is -0.103. The highest BCUT2D eigenvalue weighted by atomic mass is 16.1. The third kappa shape index (κ3) is 9.64. The molecular weight excluding hydrogens is 829 g/mol. The quantitative estimate of drug-likeness (QED) is 0.173. The SMILES string of the molecule is CC(C)(C)c1cc(-c2c3nc(c(-c4cc(C(C)(C)C)cc(C(C)(C)C)c4)c4ccc([nH]4)c(-c4cc(C(C)(C)C)cc(C(C)(C)C)c4)c4nc(cc5ccc2[nH]5)C(C=O)=C4)C=C3)cc(C(C)(C)C)c1. The van der Waals surface area contributed by atoms with Crippen LogP contribution >= 0.6 is 0 Å². The van der Waals surface area contributed by atoms with E-state index in [1.165, 1.54) is 33.4 Å². The number of carbonyl (C=O) groups is 1. The maximum Gasteiger partial charge on any atom is 0.152 e. The van der Waals surface area contributed by atoms with Crippen molar-refractivity contribution in [2.45, 2.75) is 157 Å². The summed E-state index contributed by atoms with van der Waals surface area (Å²) in [6, 6.07) is 31.8. The van der Waals surface area contributed by atoms with Gasteiger partial charge >= 0.3 is 0 Å². The van der Waals surface area contributed by atoms with Gasteiger partial charge in [-0.15, -0.1) is 0 Å². The summed E-state index contributed by atoms with van der Waals surface area (Å²) in [4.78, 5) is 31.9. The molecule has 0 amide bonds.